The smallest absolute Gasteiger partial charge is 0.0840 e. The summed E-state index contributed by atoms with van der Waals surface area (Å²) in [4.78, 5) is 0. The van der Waals surface area contributed by atoms with Gasteiger partial charge in [-0.3, -0.25) is 0 Å². The van der Waals surface area contributed by atoms with Crippen LogP contribution in [0.3, 0.4) is 0 Å². The van der Waals surface area contributed by atoms with Gasteiger partial charge in [0, 0.05) is 5.92 Å². The third-order valence-corrected chi connectivity index (χ3v) is 4.61. The van der Waals surface area contributed by atoms with E-state index >= 15 is 0 Å². The molecular formula is C13H21NO. The number of nitrogens with zero attached hydrogens (tertiary/aromatic N) is 1. The Labute approximate surface area is 92.1 Å². The minimum absolute atomic E-state index is 0.226. The van der Waals surface area contributed by atoms with E-state index in [0.717, 1.165) is 5.71 Å². The lowest BCUT2D eigenvalue weighted by molar-refractivity contribution is 0.0819. The molecule has 0 aromatic heterocycles. The van der Waals surface area contributed by atoms with Crippen LogP contribution in [0.25, 0.3) is 0 Å². The van der Waals surface area contributed by atoms with E-state index in [2.05, 4.69) is 38.9 Å². The molecule has 0 radical (unpaired) electrons. The zero-order valence-electron chi connectivity index (χ0n) is 10.2. The Kier molecular flexibility index (Phi) is 2.21. The van der Waals surface area contributed by atoms with E-state index in [4.69, 9.17) is 5.21 Å². The van der Waals surface area contributed by atoms with Gasteiger partial charge in [0.25, 0.3) is 0 Å². The average molecular weight is 207 g/mol. The molecule has 2 heteroatoms. The van der Waals surface area contributed by atoms with Gasteiger partial charge in [-0.2, -0.15) is 0 Å². The molecule has 2 atom stereocenters. The summed E-state index contributed by atoms with van der Waals surface area (Å²) in [5.74, 6) is 0.392. The number of hydrogen-bond donors (Lipinski definition) is 1. The van der Waals surface area contributed by atoms with Gasteiger partial charge in [0.05, 0.1) is 5.71 Å². The first-order valence-electron chi connectivity index (χ1n) is 5.82. The van der Waals surface area contributed by atoms with Crippen molar-refractivity contribution < 1.29 is 5.21 Å². The lowest BCUT2D eigenvalue weighted by atomic mass is 9.56. The predicted molar refractivity (Wildman–Crippen MR) is 62.2 cm³/mol. The van der Waals surface area contributed by atoms with Crippen molar-refractivity contribution >= 4 is 5.71 Å². The highest BCUT2D eigenvalue weighted by Crippen LogP contribution is 2.58. The van der Waals surface area contributed by atoms with Crippen LogP contribution in [0, 0.1) is 16.7 Å². The van der Waals surface area contributed by atoms with E-state index in [0.29, 0.717) is 5.92 Å². The summed E-state index contributed by atoms with van der Waals surface area (Å²) < 4.78 is 0. The van der Waals surface area contributed by atoms with Crippen molar-refractivity contribution in [2.75, 3.05) is 0 Å². The fourth-order valence-corrected chi connectivity index (χ4v) is 3.77. The normalized spacial score (nSPS) is 41.5. The van der Waals surface area contributed by atoms with Crippen molar-refractivity contribution in [2.45, 2.75) is 47.0 Å². The van der Waals surface area contributed by atoms with Crippen molar-refractivity contribution in [1.29, 1.82) is 0 Å². The van der Waals surface area contributed by atoms with Gasteiger partial charge in [-0.05, 0) is 36.7 Å². The van der Waals surface area contributed by atoms with Gasteiger partial charge in [-0.1, -0.05) is 37.9 Å². The van der Waals surface area contributed by atoms with Crippen LogP contribution in [0.1, 0.15) is 47.0 Å². The molecule has 0 heterocycles. The van der Waals surface area contributed by atoms with E-state index in [9.17, 15) is 0 Å². The van der Waals surface area contributed by atoms with Crippen LogP contribution in [0.5, 0.6) is 0 Å². The molecule has 1 N–H and O–H groups in total. The second-order valence-electron chi connectivity index (χ2n) is 6.04. The van der Waals surface area contributed by atoms with Crippen LogP contribution in [0.4, 0.5) is 0 Å². The average Bonchev–Trinajstić information content (AvgIpc) is 2.39. The van der Waals surface area contributed by atoms with Crippen molar-refractivity contribution in [1.82, 2.24) is 0 Å². The van der Waals surface area contributed by atoms with Gasteiger partial charge < -0.3 is 5.21 Å². The third kappa shape index (κ3) is 1.34. The fraction of sp³-hybridized carbons (Fsp3) is 0.769. The second-order valence-corrected chi connectivity index (χ2v) is 6.04. The van der Waals surface area contributed by atoms with Crippen LogP contribution in [-0.2, 0) is 0 Å². The van der Waals surface area contributed by atoms with Gasteiger partial charge in [0.1, 0.15) is 0 Å². The summed E-state index contributed by atoms with van der Waals surface area (Å²) in [5.41, 5.74) is 2.75. The van der Waals surface area contributed by atoms with Crippen LogP contribution >= 0.6 is 0 Å². The zero-order valence-corrected chi connectivity index (χ0v) is 10.2. The molecule has 0 spiro atoms. The van der Waals surface area contributed by atoms with Gasteiger partial charge in [-0.25, -0.2) is 0 Å². The highest BCUT2D eigenvalue weighted by molar-refractivity contribution is 6.01. The Hall–Kier alpha value is -0.790. The molecule has 1 fully saturated rings. The quantitative estimate of drug-likeness (QED) is 0.477. The predicted octanol–water partition coefficient (Wildman–Crippen LogP) is 3.61. The maximum absolute atomic E-state index is 9.11. The van der Waals surface area contributed by atoms with E-state index in [1.54, 1.807) is 0 Å². The molecule has 1 saturated carbocycles. The maximum Gasteiger partial charge on any atom is 0.0840 e. The van der Waals surface area contributed by atoms with Crippen molar-refractivity contribution in [2.24, 2.45) is 21.9 Å². The first-order chi connectivity index (χ1) is 6.92. The lowest BCUT2D eigenvalue weighted by Crippen LogP contribution is -2.43. The molecule has 0 bridgehead atoms. The molecule has 0 saturated heterocycles. The van der Waals surface area contributed by atoms with Crippen molar-refractivity contribution in [3.8, 4) is 0 Å². The summed E-state index contributed by atoms with van der Waals surface area (Å²) >= 11 is 0. The molecule has 2 unspecified atom stereocenters. The number of hydrogen-bond acceptors (Lipinski definition) is 2. The molecule has 0 amide bonds. The molecule has 2 aliphatic carbocycles. The molecule has 84 valence electrons. The molecule has 2 aliphatic rings. The van der Waals surface area contributed by atoms with Crippen LogP contribution in [-0.4, -0.2) is 10.9 Å². The zero-order chi connectivity index (χ0) is 11.3. The van der Waals surface area contributed by atoms with Crippen LogP contribution < -0.4 is 0 Å². The SMILES string of the molecule is CC1=CC(=NO)C2C(C)(C)CCCC12C. The fourth-order valence-electron chi connectivity index (χ4n) is 3.77. The van der Waals surface area contributed by atoms with Crippen molar-refractivity contribution in [3.63, 3.8) is 0 Å². The summed E-state index contributed by atoms with van der Waals surface area (Å²) in [5, 5.41) is 12.6. The highest BCUT2D eigenvalue weighted by atomic mass is 16.4. The summed E-state index contributed by atoms with van der Waals surface area (Å²) in [6.07, 6.45) is 5.82. The summed E-state index contributed by atoms with van der Waals surface area (Å²) in [6, 6.07) is 0. The summed E-state index contributed by atoms with van der Waals surface area (Å²) in [6.45, 7) is 9.09. The van der Waals surface area contributed by atoms with E-state index in [-0.39, 0.29) is 10.8 Å². The standard InChI is InChI=1S/C13H21NO/c1-9-8-10(14-15)11-12(2,3)6-5-7-13(9,11)4/h8,11,15H,5-7H2,1-4H3. The molecule has 2 nitrogen and oxygen atoms in total. The molecule has 0 aromatic carbocycles. The molecular weight excluding hydrogens is 186 g/mol. The Balaban J connectivity index is 2.48. The Bertz CT molecular complexity index is 340. The maximum atomic E-state index is 9.11. The van der Waals surface area contributed by atoms with Gasteiger partial charge in [0.2, 0.25) is 0 Å². The number of oxime groups is 1. The minimum atomic E-state index is 0.226. The van der Waals surface area contributed by atoms with E-state index < -0.39 is 0 Å². The van der Waals surface area contributed by atoms with Crippen LogP contribution in [0.15, 0.2) is 16.8 Å². The van der Waals surface area contributed by atoms with E-state index in [1.807, 2.05) is 0 Å². The van der Waals surface area contributed by atoms with E-state index in [1.165, 1.54) is 24.8 Å². The molecule has 0 aliphatic heterocycles. The highest BCUT2D eigenvalue weighted by Gasteiger charge is 2.52. The monoisotopic (exact) mass is 207 g/mol. The third-order valence-electron chi connectivity index (χ3n) is 4.61. The number of rotatable bonds is 0. The van der Waals surface area contributed by atoms with Crippen LogP contribution in [0.2, 0.25) is 0 Å². The Morgan fingerprint density at radius 2 is 2.00 bits per heavy atom. The number of allylic oxidation sites excluding steroid dienone is 2. The van der Waals surface area contributed by atoms with Gasteiger partial charge in [-0.15, -0.1) is 0 Å². The second kappa shape index (κ2) is 3.10. The topological polar surface area (TPSA) is 32.6 Å². The Morgan fingerprint density at radius 1 is 1.33 bits per heavy atom. The summed E-state index contributed by atoms with van der Waals surface area (Å²) in [7, 11) is 0. The van der Waals surface area contributed by atoms with Crippen molar-refractivity contribution in [3.05, 3.63) is 11.6 Å². The van der Waals surface area contributed by atoms with Gasteiger partial charge >= 0.3 is 0 Å². The number of fused-ring (bicyclic) bond motifs is 1. The molecule has 0 aromatic rings. The largest absolute Gasteiger partial charge is 0.411 e. The van der Waals surface area contributed by atoms with Gasteiger partial charge in [0.15, 0.2) is 0 Å². The Morgan fingerprint density at radius 3 is 2.60 bits per heavy atom. The lowest BCUT2D eigenvalue weighted by Gasteiger charge is -2.48. The molecule has 15 heavy (non-hydrogen) atoms. The first kappa shape index (κ1) is 10.7. The minimum Gasteiger partial charge on any atom is -0.411 e. The molecule has 2 rings (SSSR count). The first-order valence-corrected chi connectivity index (χ1v) is 5.82.